The summed E-state index contributed by atoms with van der Waals surface area (Å²) >= 11 is 0. The van der Waals surface area contributed by atoms with E-state index in [2.05, 4.69) is 5.32 Å². The molecule has 0 saturated carbocycles. The highest BCUT2D eigenvalue weighted by Crippen LogP contribution is 2.09. The van der Waals surface area contributed by atoms with Crippen LogP contribution in [0.1, 0.15) is 22.3 Å². The number of nitrogens with one attached hydrogen (secondary N) is 1. The molecule has 24 heavy (non-hydrogen) atoms. The van der Waals surface area contributed by atoms with Crippen LogP contribution in [0.5, 0.6) is 0 Å². The van der Waals surface area contributed by atoms with E-state index in [0.29, 0.717) is 12.1 Å². The van der Waals surface area contributed by atoms with E-state index in [1.54, 1.807) is 30.3 Å². The molecule has 1 amide bonds. The maximum atomic E-state index is 11.9. The number of sulfonamides is 1. The maximum Gasteiger partial charge on any atom is 0.244 e. The Labute approximate surface area is 142 Å². The van der Waals surface area contributed by atoms with Crippen molar-refractivity contribution in [1.82, 2.24) is 5.32 Å². The summed E-state index contributed by atoms with van der Waals surface area (Å²) in [6.07, 6.45) is 3.28. The Morgan fingerprint density at radius 3 is 2.33 bits per heavy atom. The Balaban J connectivity index is 1.89. The number of primary sulfonamides is 1. The fourth-order valence-electron chi connectivity index (χ4n) is 2.17. The zero-order valence-electron chi connectivity index (χ0n) is 13.4. The first kappa shape index (κ1) is 17.9. The highest BCUT2D eigenvalue weighted by atomic mass is 32.2. The molecule has 0 spiro atoms. The lowest BCUT2D eigenvalue weighted by Gasteiger charge is -2.05. The van der Waals surface area contributed by atoms with E-state index in [0.717, 1.165) is 16.7 Å². The average molecular weight is 344 g/mol. The highest BCUT2D eigenvalue weighted by Gasteiger charge is 2.05. The molecule has 126 valence electrons. The Kier molecular flexibility index (Phi) is 5.89. The van der Waals surface area contributed by atoms with E-state index < -0.39 is 10.0 Å². The monoisotopic (exact) mass is 344 g/mol. The molecule has 2 aromatic rings. The average Bonchev–Trinajstić information content (AvgIpc) is 2.52. The van der Waals surface area contributed by atoms with Gasteiger partial charge in [0.2, 0.25) is 15.9 Å². The second kappa shape index (κ2) is 7.90. The lowest BCUT2D eigenvalue weighted by molar-refractivity contribution is -0.116. The lowest BCUT2D eigenvalue weighted by Crippen LogP contribution is -2.20. The van der Waals surface area contributed by atoms with Crippen LogP contribution >= 0.6 is 0 Å². The Morgan fingerprint density at radius 2 is 1.71 bits per heavy atom. The molecule has 2 rings (SSSR count). The van der Waals surface area contributed by atoms with Gasteiger partial charge in [-0.2, -0.15) is 0 Å². The van der Waals surface area contributed by atoms with Gasteiger partial charge in [-0.15, -0.1) is 0 Å². The van der Waals surface area contributed by atoms with Crippen LogP contribution in [0.2, 0.25) is 0 Å². The molecule has 0 bridgehead atoms. The fourth-order valence-corrected chi connectivity index (χ4v) is 2.83. The van der Waals surface area contributed by atoms with Crippen molar-refractivity contribution in [2.75, 3.05) is 0 Å². The largest absolute Gasteiger partial charge is 0.348 e. The molecule has 0 aromatic heterocycles. The van der Waals surface area contributed by atoms with Gasteiger partial charge in [-0.3, -0.25) is 4.79 Å². The van der Waals surface area contributed by atoms with E-state index >= 15 is 0 Å². The third kappa shape index (κ3) is 5.98. The number of hydrogen-bond donors (Lipinski definition) is 2. The predicted molar refractivity (Wildman–Crippen MR) is 95.3 cm³/mol. The second-order valence-corrected chi connectivity index (χ2v) is 7.15. The van der Waals surface area contributed by atoms with Crippen molar-refractivity contribution in [1.29, 1.82) is 0 Å². The zero-order chi connectivity index (χ0) is 17.6. The summed E-state index contributed by atoms with van der Waals surface area (Å²) in [5.74, 6) is -0.384. The van der Waals surface area contributed by atoms with Crippen molar-refractivity contribution >= 4 is 22.0 Å². The van der Waals surface area contributed by atoms with E-state index in [1.165, 1.54) is 6.08 Å². The van der Waals surface area contributed by atoms with E-state index in [9.17, 15) is 13.2 Å². The number of aryl methyl sites for hydroxylation is 1. The molecule has 6 heteroatoms. The van der Waals surface area contributed by atoms with Crippen LogP contribution in [0, 0.1) is 6.92 Å². The summed E-state index contributed by atoms with van der Waals surface area (Å²) in [6, 6.07) is 14.7. The number of nitrogens with two attached hydrogens (primary N) is 1. The van der Waals surface area contributed by atoms with Crippen molar-refractivity contribution < 1.29 is 13.2 Å². The van der Waals surface area contributed by atoms with Gasteiger partial charge in [0.05, 0.1) is 5.75 Å². The van der Waals surface area contributed by atoms with Gasteiger partial charge in [0, 0.05) is 12.6 Å². The Morgan fingerprint density at radius 1 is 1.08 bits per heavy atom. The van der Waals surface area contributed by atoms with Gasteiger partial charge in [0.1, 0.15) is 0 Å². The fraction of sp³-hybridized carbons (Fsp3) is 0.167. The van der Waals surface area contributed by atoms with E-state index in [-0.39, 0.29) is 11.7 Å². The first-order chi connectivity index (χ1) is 11.3. The van der Waals surface area contributed by atoms with Crippen molar-refractivity contribution in [2.45, 2.75) is 19.2 Å². The van der Waals surface area contributed by atoms with Crippen LogP contribution in [0.4, 0.5) is 0 Å². The summed E-state index contributed by atoms with van der Waals surface area (Å²) in [5, 5.41) is 7.79. The molecule has 2 aromatic carbocycles. The molecule has 0 aliphatic carbocycles. The van der Waals surface area contributed by atoms with Crippen LogP contribution in [0.25, 0.3) is 6.08 Å². The normalized spacial score (nSPS) is 11.6. The van der Waals surface area contributed by atoms with E-state index in [4.69, 9.17) is 5.14 Å². The molecule has 0 saturated heterocycles. The first-order valence-corrected chi connectivity index (χ1v) is 9.15. The molecule has 3 N–H and O–H groups in total. The van der Waals surface area contributed by atoms with Crippen LogP contribution in [0.3, 0.4) is 0 Å². The van der Waals surface area contributed by atoms with Crippen molar-refractivity contribution in [2.24, 2.45) is 5.14 Å². The van der Waals surface area contributed by atoms with Crippen LogP contribution in [-0.4, -0.2) is 14.3 Å². The summed E-state index contributed by atoms with van der Waals surface area (Å²) in [6.45, 7) is 2.35. The number of hydrogen-bond acceptors (Lipinski definition) is 3. The van der Waals surface area contributed by atoms with Gasteiger partial charge in [-0.25, -0.2) is 13.6 Å². The standard InChI is InChI=1S/C18H20N2O3S/c1-14-4-2-3-5-17(14)10-11-18(21)20-12-15-6-8-16(9-7-15)13-24(19,22)23/h2-11H,12-13H2,1H3,(H,20,21)(H2,19,22,23)/b11-10+. The third-order valence-corrected chi connectivity index (χ3v) is 4.20. The molecule has 0 radical (unpaired) electrons. The SMILES string of the molecule is Cc1ccccc1/C=C/C(=O)NCc1ccc(CS(N)(=O)=O)cc1. The maximum absolute atomic E-state index is 11.9. The van der Waals surface area contributed by atoms with Crippen molar-refractivity contribution in [3.05, 3.63) is 76.9 Å². The molecule has 0 unspecified atom stereocenters. The van der Waals surface area contributed by atoms with E-state index in [1.807, 2.05) is 31.2 Å². The molecule has 0 aliphatic heterocycles. The molecule has 0 heterocycles. The van der Waals surface area contributed by atoms with Crippen LogP contribution in [-0.2, 0) is 27.1 Å². The number of carbonyl (C=O) groups is 1. The van der Waals surface area contributed by atoms with Gasteiger partial charge < -0.3 is 5.32 Å². The summed E-state index contributed by atoms with van der Waals surface area (Å²) in [5.41, 5.74) is 3.60. The molecule has 0 aliphatic rings. The topological polar surface area (TPSA) is 89.3 Å². The van der Waals surface area contributed by atoms with Gasteiger partial charge in [-0.05, 0) is 35.3 Å². The Hall–Kier alpha value is -2.44. The highest BCUT2D eigenvalue weighted by molar-refractivity contribution is 7.88. The summed E-state index contributed by atoms with van der Waals surface area (Å²) < 4.78 is 22.1. The zero-order valence-corrected chi connectivity index (χ0v) is 14.2. The predicted octanol–water partition coefficient (Wildman–Crippen LogP) is 2.11. The molecule has 5 nitrogen and oxygen atoms in total. The van der Waals surface area contributed by atoms with Gasteiger partial charge in [0.25, 0.3) is 0 Å². The number of rotatable bonds is 6. The van der Waals surface area contributed by atoms with Gasteiger partial charge in [-0.1, -0.05) is 48.5 Å². The molecule has 0 fully saturated rings. The molecular formula is C18H20N2O3S. The summed E-state index contributed by atoms with van der Waals surface area (Å²) in [7, 11) is -3.53. The number of amides is 1. The minimum absolute atomic E-state index is 0.188. The van der Waals surface area contributed by atoms with Gasteiger partial charge in [0.15, 0.2) is 0 Å². The third-order valence-electron chi connectivity index (χ3n) is 3.46. The van der Waals surface area contributed by atoms with Crippen molar-refractivity contribution in [3.63, 3.8) is 0 Å². The second-order valence-electron chi connectivity index (χ2n) is 5.53. The number of benzene rings is 2. The number of carbonyl (C=O) groups excluding carboxylic acids is 1. The molecular weight excluding hydrogens is 324 g/mol. The van der Waals surface area contributed by atoms with Crippen LogP contribution in [0.15, 0.2) is 54.6 Å². The van der Waals surface area contributed by atoms with Crippen molar-refractivity contribution in [3.8, 4) is 0 Å². The quantitative estimate of drug-likeness (QED) is 0.787. The smallest absolute Gasteiger partial charge is 0.244 e. The minimum atomic E-state index is -3.53. The molecule has 0 atom stereocenters. The van der Waals surface area contributed by atoms with Gasteiger partial charge >= 0.3 is 0 Å². The van der Waals surface area contributed by atoms with Crippen LogP contribution < -0.4 is 10.5 Å². The first-order valence-electron chi connectivity index (χ1n) is 7.43. The summed E-state index contributed by atoms with van der Waals surface area (Å²) in [4.78, 5) is 11.9. The Bertz CT molecular complexity index is 841. The lowest BCUT2D eigenvalue weighted by atomic mass is 10.1. The minimum Gasteiger partial charge on any atom is -0.348 e.